The van der Waals surface area contributed by atoms with E-state index in [4.69, 9.17) is 5.73 Å². The highest BCUT2D eigenvalue weighted by Gasteiger charge is 2.46. The van der Waals surface area contributed by atoms with Gasteiger partial charge >= 0.3 is 0 Å². The third-order valence-corrected chi connectivity index (χ3v) is 7.41. The summed E-state index contributed by atoms with van der Waals surface area (Å²) in [6.07, 6.45) is 2.86. The lowest BCUT2D eigenvalue weighted by Crippen LogP contribution is -2.54. The topological polar surface area (TPSA) is 100.0 Å². The van der Waals surface area contributed by atoms with Gasteiger partial charge in [-0.2, -0.15) is 10.4 Å². The number of likely N-dealkylation sites (tertiary alicyclic amines) is 1. The van der Waals surface area contributed by atoms with E-state index in [0.29, 0.717) is 37.8 Å². The minimum Gasteiger partial charge on any atom is -0.368 e. The number of hydrogen-bond donors (Lipinski definition) is 2. The van der Waals surface area contributed by atoms with E-state index >= 15 is 4.39 Å². The summed E-state index contributed by atoms with van der Waals surface area (Å²) >= 11 is 0. The number of nitrogens with zero attached hydrogens (tertiary/aromatic N) is 4. The summed E-state index contributed by atoms with van der Waals surface area (Å²) in [7, 11) is 0. The molecule has 2 heterocycles. The average Bonchev–Trinajstić information content (AvgIpc) is 3.62. The molecule has 186 valence electrons. The van der Waals surface area contributed by atoms with Crippen LogP contribution in [-0.2, 0) is 12.1 Å². The Morgan fingerprint density at radius 3 is 2.53 bits per heavy atom. The van der Waals surface area contributed by atoms with Crippen LogP contribution >= 0.6 is 0 Å². The van der Waals surface area contributed by atoms with Gasteiger partial charge in [-0.15, -0.1) is 0 Å². The molecule has 8 heteroatoms. The van der Waals surface area contributed by atoms with Gasteiger partial charge < -0.3 is 11.1 Å². The summed E-state index contributed by atoms with van der Waals surface area (Å²) in [6, 6.07) is 20.7. The second-order valence-corrected chi connectivity index (χ2v) is 9.98. The summed E-state index contributed by atoms with van der Waals surface area (Å²) in [4.78, 5) is 14.1. The molecule has 2 fully saturated rings. The Morgan fingerprint density at radius 1 is 1.17 bits per heavy atom. The number of nitrogens with two attached hydrogens (primary N) is 1. The number of primary amides is 1. The number of piperidine rings is 1. The molecular weight excluding hydrogens is 455 g/mol. The lowest BCUT2D eigenvalue weighted by molar-refractivity contribution is 0.00694. The van der Waals surface area contributed by atoms with Gasteiger partial charge in [-0.3, -0.25) is 14.4 Å². The molecule has 3 N–H and O–H groups in total. The second kappa shape index (κ2) is 10.1. The molecule has 1 aliphatic carbocycles. The standard InChI is InChI=1S/C28H31FN6O/c29-25-19-34(17-21-8-10-23(11-9-21)22-4-2-1-3-5-22)15-13-28(25,12-14-30)35-18-24(26(31)36)27(33-35)32-16-20-6-7-20/h1-5,8-11,18,20,25H,6-7,12-13,15-17,19H2,(H2,31,36)(H,32,33)/t25-,28-/m1/s1. The van der Waals surface area contributed by atoms with Crippen LogP contribution < -0.4 is 11.1 Å². The highest BCUT2D eigenvalue weighted by Crippen LogP contribution is 2.37. The quantitative estimate of drug-likeness (QED) is 0.469. The van der Waals surface area contributed by atoms with Crippen LogP contribution in [0.2, 0.25) is 0 Å². The third kappa shape index (κ3) is 4.98. The van der Waals surface area contributed by atoms with Gasteiger partial charge in [-0.25, -0.2) is 4.39 Å². The summed E-state index contributed by atoms with van der Waals surface area (Å²) in [6.45, 7) is 2.12. The molecule has 1 aromatic heterocycles. The van der Waals surface area contributed by atoms with Gasteiger partial charge in [-0.1, -0.05) is 54.6 Å². The number of carbonyl (C=O) groups is 1. The van der Waals surface area contributed by atoms with Crippen molar-refractivity contribution < 1.29 is 9.18 Å². The summed E-state index contributed by atoms with van der Waals surface area (Å²) in [5.74, 6) is 0.334. The SMILES string of the molecule is N#CC[C@@]1(n2cc(C(N)=O)c(NCC3CC3)n2)CCN(Cc2ccc(-c3ccccc3)cc2)C[C@H]1F. The number of hydrogen-bond acceptors (Lipinski definition) is 5. The molecule has 5 rings (SSSR count). The van der Waals surface area contributed by atoms with Crippen molar-refractivity contribution in [2.45, 2.75) is 43.9 Å². The van der Waals surface area contributed by atoms with Gasteiger partial charge in [0.15, 0.2) is 5.82 Å². The van der Waals surface area contributed by atoms with Crippen molar-refractivity contribution in [1.82, 2.24) is 14.7 Å². The van der Waals surface area contributed by atoms with E-state index in [0.717, 1.165) is 29.5 Å². The molecule has 2 aromatic carbocycles. The number of carbonyl (C=O) groups excluding carboxylic acids is 1. The van der Waals surface area contributed by atoms with Crippen molar-refractivity contribution in [2.24, 2.45) is 11.7 Å². The maximum atomic E-state index is 15.9. The van der Waals surface area contributed by atoms with Crippen molar-refractivity contribution in [1.29, 1.82) is 5.26 Å². The Hall–Kier alpha value is -3.70. The molecule has 0 spiro atoms. The summed E-state index contributed by atoms with van der Waals surface area (Å²) < 4.78 is 17.4. The zero-order valence-corrected chi connectivity index (χ0v) is 20.2. The molecule has 2 aliphatic rings. The first-order valence-electron chi connectivity index (χ1n) is 12.5. The van der Waals surface area contributed by atoms with Crippen molar-refractivity contribution in [3.8, 4) is 17.2 Å². The number of alkyl halides is 1. The Kier molecular flexibility index (Phi) is 6.75. The van der Waals surface area contributed by atoms with Gasteiger partial charge in [0.05, 0.1) is 12.5 Å². The first-order valence-corrected chi connectivity index (χ1v) is 12.5. The van der Waals surface area contributed by atoms with E-state index in [1.165, 1.54) is 10.9 Å². The third-order valence-electron chi connectivity index (χ3n) is 7.41. The molecule has 0 bridgehead atoms. The molecule has 0 unspecified atom stereocenters. The van der Waals surface area contributed by atoms with Crippen LogP contribution in [0.1, 0.15) is 41.6 Å². The zero-order valence-electron chi connectivity index (χ0n) is 20.2. The fraction of sp³-hybridized carbons (Fsp3) is 0.393. The molecule has 1 amide bonds. The minimum absolute atomic E-state index is 0.0320. The summed E-state index contributed by atoms with van der Waals surface area (Å²) in [5.41, 5.74) is 8.10. The van der Waals surface area contributed by atoms with Crippen LogP contribution in [0.15, 0.2) is 60.8 Å². The van der Waals surface area contributed by atoms with Crippen LogP contribution in [0.25, 0.3) is 11.1 Å². The highest BCUT2D eigenvalue weighted by molar-refractivity contribution is 5.97. The van der Waals surface area contributed by atoms with Crippen molar-refractivity contribution in [2.75, 3.05) is 25.0 Å². The first-order chi connectivity index (χ1) is 17.5. The van der Waals surface area contributed by atoms with Gasteiger partial charge in [0.25, 0.3) is 5.91 Å². The highest BCUT2D eigenvalue weighted by atomic mass is 19.1. The largest absolute Gasteiger partial charge is 0.368 e. The minimum atomic E-state index is -1.33. The Balaban J connectivity index is 1.30. The number of halogens is 1. The number of nitrogens with one attached hydrogen (secondary N) is 1. The molecule has 1 saturated carbocycles. The lowest BCUT2D eigenvalue weighted by Gasteiger charge is -2.43. The van der Waals surface area contributed by atoms with E-state index in [9.17, 15) is 10.1 Å². The van der Waals surface area contributed by atoms with Crippen LogP contribution in [0.5, 0.6) is 0 Å². The first kappa shape index (κ1) is 24.0. The van der Waals surface area contributed by atoms with Gasteiger partial charge in [0, 0.05) is 32.4 Å². The number of aromatic nitrogens is 2. The van der Waals surface area contributed by atoms with Crippen molar-refractivity contribution >= 4 is 11.7 Å². The molecule has 7 nitrogen and oxygen atoms in total. The molecule has 1 aliphatic heterocycles. The predicted octanol–water partition coefficient (Wildman–Crippen LogP) is 4.32. The molecule has 3 aromatic rings. The smallest absolute Gasteiger partial charge is 0.254 e. The van der Waals surface area contributed by atoms with E-state index in [1.54, 1.807) is 0 Å². The maximum absolute atomic E-state index is 15.9. The number of anilines is 1. The molecular formula is C28H31FN6O. The van der Waals surface area contributed by atoms with E-state index in [-0.39, 0.29) is 18.5 Å². The van der Waals surface area contributed by atoms with Crippen molar-refractivity contribution in [3.05, 3.63) is 71.9 Å². The fourth-order valence-corrected chi connectivity index (χ4v) is 4.98. The summed E-state index contributed by atoms with van der Waals surface area (Å²) in [5, 5.41) is 17.3. The van der Waals surface area contributed by atoms with E-state index in [2.05, 4.69) is 57.8 Å². The van der Waals surface area contributed by atoms with Gasteiger partial charge in [0.1, 0.15) is 17.3 Å². The van der Waals surface area contributed by atoms with Crippen LogP contribution in [0.3, 0.4) is 0 Å². The number of nitriles is 1. The fourth-order valence-electron chi connectivity index (χ4n) is 4.98. The lowest BCUT2D eigenvalue weighted by atomic mass is 9.83. The number of amides is 1. The number of rotatable bonds is 9. The maximum Gasteiger partial charge on any atom is 0.254 e. The normalized spacial score (nSPS) is 22.2. The van der Waals surface area contributed by atoms with Crippen molar-refractivity contribution in [3.63, 3.8) is 0 Å². The van der Waals surface area contributed by atoms with E-state index in [1.807, 2.05) is 18.2 Å². The van der Waals surface area contributed by atoms with Gasteiger partial charge in [0.2, 0.25) is 0 Å². The van der Waals surface area contributed by atoms with Crippen LogP contribution in [-0.4, -0.2) is 46.4 Å². The molecule has 0 radical (unpaired) electrons. The Bertz CT molecular complexity index is 1250. The second-order valence-electron chi connectivity index (χ2n) is 9.98. The van der Waals surface area contributed by atoms with Crippen LogP contribution in [0, 0.1) is 17.2 Å². The number of benzene rings is 2. The molecule has 1 saturated heterocycles. The molecule has 2 atom stereocenters. The van der Waals surface area contributed by atoms with Gasteiger partial charge in [-0.05, 0) is 41.9 Å². The van der Waals surface area contributed by atoms with Crippen LogP contribution in [0.4, 0.5) is 10.2 Å². The average molecular weight is 487 g/mol. The molecule has 36 heavy (non-hydrogen) atoms. The monoisotopic (exact) mass is 486 g/mol. The van der Waals surface area contributed by atoms with E-state index < -0.39 is 17.6 Å². The zero-order chi connectivity index (χ0) is 25.1. The Labute approximate surface area is 210 Å². The predicted molar refractivity (Wildman–Crippen MR) is 137 cm³/mol. The Morgan fingerprint density at radius 2 is 1.89 bits per heavy atom.